The van der Waals surface area contributed by atoms with Crippen LogP contribution in [0.15, 0.2) is 84.1 Å². The molecule has 4 aromatic rings. The number of halogens is 3. The van der Waals surface area contributed by atoms with E-state index < -0.39 is 22.9 Å². The molecule has 0 spiro atoms. The van der Waals surface area contributed by atoms with Crippen molar-refractivity contribution < 1.29 is 22.5 Å². The molecule has 0 radical (unpaired) electrons. The van der Waals surface area contributed by atoms with E-state index in [-0.39, 0.29) is 16.7 Å². The van der Waals surface area contributed by atoms with Crippen molar-refractivity contribution in [2.45, 2.75) is 29.3 Å². The van der Waals surface area contributed by atoms with Gasteiger partial charge in [0.1, 0.15) is 5.25 Å². The molecule has 1 N–H and O–H groups in total. The van der Waals surface area contributed by atoms with E-state index in [1.807, 2.05) is 6.07 Å². The fourth-order valence-electron chi connectivity index (χ4n) is 4.38. The lowest BCUT2D eigenvalue weighted by Crippen LogP contribution is -2.42. The molecule has 1 saturated heterocycles. The lowest BCUT2D eigenvalue weighted by molar-refractivity contribution is -0.137. The molecular formula is C27H23F3N4O2S. The summed E-state index contributed by atoms with van der Waals surface area (Å²) < 4.78 is 51.9. The molecular weight excluding hydrogens is 501 g/mol. The molecule has 0 bridgehead atoms. The molecule has 6 nitrogen and oxygen atoms in total. The van der Waals surface area contributed by atoms with E-state index in [2.05, 4.69) is 15.3 Å². The molecule has 1 aliphatic rings. The van der Waals surface area contributed by atoms with Gasteiger partial charge in [0.2, 0.25) is 5.03 Å². The average Bonchev–Trinajstić information content (AvgIpc) is 2.92. The largest absolute Gasteiger partial charge is 0.610 e. The number of hydrogen-bond donors (Lipinski definition) is 1. The number of amides is 1. The zero-order valence-corrected chi connectivity index (χ0v) is 20.4. The van der Waals surface area contributed by atoms with Gasteiger partial charge in [0.15, 0.2) is 0 Å². The SMILES string of the molecule is O=C(c1ccc(Nc2ccnc3cc(C(F)(F)F)ccc23)cc1)N1CCC([S+]([O-])c2ccccn2)CC1. The number of carbonyl (C=O) groups is 1. The fourth-order valence-corrected chi connectivity index (χ4v) is 5.74. The number of hydrogen-bond acceptors (Lipinski definition) is 5. The number of carbonyl (C=O) groups excluding carboxylic acids is 1. The van der Waals surface area contributed by atoms with Gasteiger partial charge in [-0.1, -0.05) is 12.1 Å². The van der Waals surface area contributed by atoms with Crippen LogP contribution in [0, 0.1) is 0 Å². The van der Waals surface area contributed by atoms with Crippen LogP contribution in [0.3, 0.4) is 0 Å². The van der Waals surface area contributed by atoms with Gasteiger partial charge in [-0.2, -0.15) is 13.2 Å². The van der Waals surface area contributed by atoms with E-state index in [0.717, 1.165) is 12.1 Å². The quantitative estimate of drug-likeness (QED) is 0.334. The molecule has 3 heterocycles. The molecule has 37 heavy (non-hydrogen) atoms. The smallest absolute Gasteiger partial charge is 0.416 e. The zero-order valence-electron chi connectivity index (χ0n) is 19.6. The molecule has 0 aliphatic carbocycles. The van der Waals surface area contributed by atoms with E-state index in [1.165, 1.54) is 12.3 Å². The van der Waals surface area contributed by atoms with Crippen molar-refractivity contribution in [3.63, 3.8) is 0 Å². The van der Waals surface area contributed by atoms with Gasteiger partial charge in [0, 0.05) is 77.9 Å². The fraction of sp³-hybridized carbons (Fsp3) is 0.222. The lowest BCUT2D eigenvalue weighted by Gasteiger charge is -2.32. The molecule has 1 atom stereocenters. The number of fused-ring (bicyclic) bond motifs is 1. The normalized spacial score (nSPS) is 15.5. The van der Waals surface area contributed by atoms with Gasteiger partial charge in [0.05, 0.1) is 11.1 Å². The van der Waals surface area contributed by atoms with Gasteiger partial charge < -0.3 is 14.8 Å². The predicted molar refractivity (Wildman–Crippen MR) is 136 cm³/mol. The molecule has 2 aromatic heterocycles. The average molecular weight is 525 g/mol. The van der Waals surface area contributed by atoms with Crippen LogP contribution in [0.5, 0.6) is 0 Å². The van der Waals surface area contributed by atoms with Crippen LogP contribution in [0.1, 0.15) is 28.8 Å². The topological polar surface area (TPSA) is 81.2 Å². The summed E-state index contributed by atoms with van der Waals surface area (Å²) in [6.45, 7) is 1.04. The first-order chi connectivity index (χ1) is 17.8. The van der Waals surface area contributed by atoms with Crippen molar-refractivity contribution in [3.05, 3.63) is 90.3 Å². The third-order valence-electron chi connectivity index (χ3n) is 6.36. The molecule has 5 rings (SSSR count). The van der Waals surface area contributed by atoms with Gasteiger partial charge in [0.25, 0.3) is 5.91 Å². The second kappa shape index (κ2) is 10.4. The van der Waals surface area contributed by atoms with Crippen molar-refractivity contribution in [1.82, 2.24) is 14.9 Å². The van der Waals surface area contributed by atoms with E-state index in [1.54, 1.807) is 53.6 Å². The minimum Gasteiger partial charge on any atom is -0.610 e. The van der Waals surface area contributed by atoms with Crippen LogP contribution >= 0.6 is 0 Å². The van der Waals surface area contributed by atoms with Crippen LogP contribution in [0.25, 0.3) is 10.9 Å². The second-order valence-electron chi connectivity index (χ2n) is 8.75. The minimum atomic E-state index is -4.44. The van der Waals surface area contributed by atoms with Crippen LogP contribution in [0.4, 0.5) is 24.5 Å². The van der Waals surface area contributed by atoms with E-state index >= 15 is 0 Å². The highest BCUT2D eigenvalue weighted by molar-refractivity contribution is 7.92. The van der Waals surface area contributed by atoms with E-state index in [9.17, 15) is 22.5 Å². The number of alkyl halides is 3. The summed E-state index contributed by atoms with van der Waals surface area (Å²) in [5.74, 6) is -0.0948. The third kappa shape index (κ3) is 5.55. The summed E-state index contributed by atoms with van der Waals surface area (Å²) in [5, 5.41) is 4.29. The van der Waals surface area contributed by atoms with Gasteiger partial charge in [-0.25, -0.2) is 4.98 Å². The Morgan fingerprint density at radius 3 is 2.41 bits per heavy atom. The Balaban J connectivity index is 1.23. The Labute approximate surface area is 214 Å². The Kier molecular flexibility index (Phi) is 7.03. The van der Waals surface area contributed by atoms with Crippen molar-refractivity contribution in [1.29, 1.82) is 0 Å². The highest BCUT2D eigenvalue weighted by Gasteiger charge is 2.32. The summed E-state index contributed by atoms with van der Waals surface area (Å²) in [6.07, 6.45) is -0.0783. The summed E-state index contributed by atoms with van der Waals surface area (Å²) >= 11 is -1.20. The number of piperidine rings is 1. The number of nitrogens with zero attached hydrogens (tertiary/aromatic N) is 3. The van der Waals surface area contributed by atoms with Gasteiger partial charge >= 0.3 is 6.18 Å². The Morgan fingerprint density at radius 2 is 1.73 bits per heavy atom. The van der Waals surface area contributed by atoms with Crippen molar-refractivity contribution >= 4 is 39.4 Å². The van der Waals surface area contributed by atoms with Crippen molar-refractivity contribution in [2.75, 3.05) is 18.4 Å². The van der Waals surface area contributed by atoms with Gasteiger partial charge in [-0.3, -0.25) is 9.78 Å². The maximum atomic E-state index is 13.0. The first kappa shape index (κ1) is 25.0. The molecule has 190 valence electrons. The monoisotopic (exact) mass is 524 g/mol. The maximum absolute atomic E-state index is 13.0. The number of rotatable bonds is 5. The number of benzene rings is 2. The lowest BCUT2D eigenvalue weighted by atomic mass is 10.1. The summed E-state index contributed by atoms with van der Waals surface area (Å²) in [5.41, 5.74) is 1.32. The molecule has 1 amide bonds. The Morgan fingerprint density at radius 1 is 0.973 bits per heavy atom. The number of pyridine rings is 2. The Hall–Kier alpha value is -3.63. The number of aromatic nitrogens is 2. The predicted octanol–water partition coefficient (Wildman–Crippen LogP) is 5.80. The molecule has 1 fully saturated rings. The highest BCUT2D eigenvalue weighted by Crippen LogP contribution is 2.33. The van der Waals surface area contributed by atoms with Crippen LogP contribution in [-0.4, -0.2) is 43.7 Å². The summed E-state index contributed by atoms with van der Waals surface area (Å²) in [4.78, 5) is 23.0. The van der Waals surface area contributed by atoms with Crippen LogP contribution in [0.2, 0.25) is 0 Å². The minimum absolute atomic E-state index is 0.0343. The van der Waals surface area contributed by atoms with Crippen LogP contribution < -0.4 is 5.32 Å². The van der Waals surface area contributed by atoms with E-state index in [0.29, 0.717) is 53.3 Å². The zero-order chi connectivity index (χ0) is 26.0. The van der Waals surface area contributed by atoms with Gasteiger partial charge in [-0.05, 0) is 48.5 Å². The van der Waals surface area contributed by atoms with Crippen molar-refractivity contribution in [2.24, 2.45) is 0 Å². The Bertz CT molecular complexity index is 1390. The van der Waals surface area contributed by atoms with Crippen molar-refractivity contribution in [3.8, 4) is 0 Å². The first-order valence-corrected chi connectivity index (χ1v) is 12.9. The molecule has 1 unspecified atom stereocenters. The second-order valence-corrected chi connectivity index (χ2v) is 10.4. The van der Waals surface area contributed by atoms with Crippen LogP contribution in [-0.2, 0) is 17.4 Å². The molecule has 2 aromatic carbocycles. The highest BCUT2D eigenvalue weighted by atomic mass is 32.2. The van der Waals surface area contributed by atoms with Gasteiger partial charge in [-0.15, -0.1) is 0 Å². The third-order valence-corrected chi connectivity index (χ3v) is 8.09. The van der Waals surface area contributed by atoms with E-state index in [4.69, 9.17) is 0 Å². The first-order valence-electron chi connectivity index (χ1n) is 11.7. The number of anilines is 2. The molecule has 10 heteroatoms. The number of nitrogens with one attached hydrogen (secondary N) is 1. The molecule has 1 aliphatic heterocycles. The maximum Gasteiger partial charge on any atom is 0.416 e. The molecule has 0 saturated carbocycles. The summed E-state index contributed by atoms with van der Waals surface area (Å²) in [6, 6.07) is 17.5. The number of likely N-dealkylation sites (tertiary alicyclic amines) is 1. The standard InChI is InChI=1S/C27H23F3N4O2S/c28-27(29,30)19-6-9-22-23(10-14-31-24(22)17-19)33-20-7-4-18(5-8-20)26(35)34-15-11-21(12-16-34)37(36)25-3-1-2-13-32-25/h1-10,13-14,17,21H,11-12,15-16H2,(H,31,33). The summed E-state index contributed by atoms with van der Waals surface area (Å²) in [7, 11) is 0.